The van der Waals surface area contributed by atoms with E-state index in [1.165, 1.54) is 29.2 Å². The molecule has 0 spiro atoms. The summed E-state index contributed by atoms with van der Waals surface area (Å²) in [6, 6.07) is 14.5. The lowest BCUT2D eigenvalue weighted by Crippen LogP contribution is -2.54. The first-order valence-corrected chi connectivity index (χ1v) is 12.3. The highest BCUT2D eigenvalue weighted by Crippen LogP contribution is 2.34. The third kappa shape index (κ3) is 5.63. The van der Waals surface area contributed by atoms with Crippen molar-refractivity contribution < 1.29 is 15.2 Å². The largest absolute Gasteiger partial charge is 0.374 e. The van der Waals surface area contributed by atoms with Crippen LogP contribution in [-0.2, 0) is 13.0 Å². The molecule has 0 radical (unpaired) electrons. The van der Waals surface area contributed by atoms with Gasteiger partial charge in [-0.15, -0.1) is 11.3 Å². The van der Waals surface area contributed by atoms with Crippen molar-refractivity contribution in [2.24, 2.45) is 5.92 Å². The molecule has 4 rings (SSSR count). The van der Waals surface area contributed by atoms with Crippen LogP contribution in [0.25, 0.3) is 0 Å². The van der Waals surface area contributed by atoms with E-state index in [-0.39, 0.29) is 11.6 Å². The number of quaternary nitrogens is 1. The summed E-state index contributed by atoms with van der Waals surface area (Å²) >= 11 is 1.44. The second kappa shape index (κ2) is 10.2. The molecule has 1 aliphatic carbocycles. The van der Waals surface area contributed by atoms with Gasteiger partial charge in [0.1, 0.15) is 0 Å². The zero-order chi connectivity index (χ0) is 24.3. The van der Waals surface area contributed by atoms with Gasteiger partial charge in [-0.1, -0.05) is 42.3 Å². The molecule has 0 unspecified atom stereocenters. The molecule has 1 aromatic heterocycles. The third-order valence-electron chi connectivity index (χ3n) is 6.06. The van der Waals surface area contributed by atoms with Gasteiger partial charge in [0.15, 0.2) is 5.13 Å². The van der Waals surface area contributed by atoms with Gasteiger partial charge >= 0.3 is 0 Å². The predicted octanol–water partition coefficient (Wildman–Crippen LogP) is 4.94. The van der Waals surface area contributed by atoms with Crippen LogP contribution in [0.1, 0.15) is 40.6 Å². The lowest BCUT2D eigenvalue weighted by atomic mass is 10.1. The van der Waals surface area contributed by atoms with Gasteiger partial charge in [-0.2, -0.15) is 10.4 Å². The summed E-state index contributed by atoms with van der Waals surface area (Å²) in [5.74, 6) is 0.302. The van der Waals surface area contributed by atoms with Gasteiger partial charge in [-0.3, -0.25) is 10.1 Å². The Kier molecular flexibility index (Phi) is 7.30. The van der Waals surface area contributed by atoms with Gasteiger partial charge in [-0.05, 0) is 36.8 Å². The Morgan fingerprint density at radius 1 is 1.18 bits per heavy atom. The summed E-state index contributed by atoms with van der Waals surface area (Å²) in [6.45, 7) is 3.19. The number of amides is 1. The van der Waals surface area contributed by atoms with E-state index in [1.807, 2.05) is 44.3 Å². The van der Waals surface area contributed by atoms with Crippen LogP contribution in [0.5, 0.6) is 0 Å². The average Bonchev–Trinajstić information content (AvgIpc) is 3.53. The van der Waals surface area contributed by atoms with Crippen molar-refractivity contribution in [2.75, 3.05) is 30.9 Å². The molecule has 3 aromatic rings. The van der Waals surface area contributed by atoms with E-state index in [2.05, 4.69) is 15.2 Å². The number of carbonyl (C=O) groups is 1. The summed E-state index contributed by atoms with van der Waals surface area (Å²) in [4.78, 5) is 19.3. The van der Waals surface area contributed by atoms with Gasteiger partial charge in [-0.25, -0.2) is 4.98 Å². The molecule has 8 nitrogen and oxygen atoms in total. The van der Waals surface area contributed by atoms with Crippen LogP contribution in [0.3, 0.4) is 0 Å². The van der Waals surface area contributed by atoms with Gasteiger partial charge in [0.05, 0.1) is 17.0 Å². The maximum Gasteiger partial charge on any atom is 0.259 e. The number of anilines is 2. The summed E-state index contributed by atoms with van der Waals surface area (Å²) in [7, 11) is 3.58. The molecule has 1 saturated carbocycles. The summed E-state index contributed by atoms with van der Waals surface area (Å²) in [6.07, 6.45) is 5.00. The van der Waals surface area contributed by atoms with Crippen molar-refractivity contribution >= 4 is 33.8 Å². The van der Waals surface area contributed by atoms with E-state index in [0.717, 1.165) is 29.1 Å². The quantitative estimate of drug-likeness (QED) is 0.280. The topological polar surface area (TPSA) is 88.9 Å². The predicted molar refractivity (Wildman–Crippen MR) is 135 cm³/mol. The fourth-order valence-electron chi connectivity index (χ4n) is 3.85. The number of benzene rings is 2. The lowest BCUT2D eigenvalue weighted by Gasteiger charge is -2.30. The Hall–Kier alpha value is -2.82. The molecule has 1 heterocycles. The minimum Gasteiger partial charge on any atom is -0.374 e. The zero-order valence-corrected chi connectivity index (χ0v) is 20.6. The molecule has 9 heteroatoms. The Balaban J connectivity index is 1.63. The van der Waals surface area contributed by atoms with E-state index >= 15 is 0 Å². The zero-order valence-electron chi connectivity index (χ0n) is 19.8. The van der Waals surface area contributed by atoms with Crippen LogP contribution < -0.4 is 15.1 Å². The number of nitrogens with zero attached hydrogens (tertiary/aromatic N) is 4. The fraction of sp³-hybridized carbons (Fsp3) is 0.360. The molecule has 2 aromatic carbocycles. The Bertz CT molecular complexity index is 1130. The van der Waals surface area contributed by atoms with E-state index in [9.17, 15) is 15.2 Å². The summed E-state index contributed by atoms with van der Waals surface area (Å²) < 4.78 is 0. The molecule has 3 N–H and O–H groups in total. The fourth-order valence-corrected chi connectivity index (χ4v) is 4.60. The molecular formula is C25H32N5O3S+. The monoisotopic (exact) mass is 482 g/mol. The number of carbonyl (C=O) groups excluding carboxylic acids is 1. The van der Waals surface area contributed by atoms with Crippen LogP contribution in [0.2, 0.25) is 0 Å². The number of thiazole rings is 1. The smallest absolute Gasteiger partial charge is 0.259 e. The van der Waals surface area contributed by atoms with Crippen molar-refractivity contribution in [3.63, 3.8) is 0 Å². The summed E-state index contributed by atoms with van der Waals surface area (Å²) in [5, 5.41) is 26.8. The minimum absolute atomic E-state index is 0.167. The highest BCUT2D eigenvalue weighted by atomic mass is 32.1. The summed E-state index contributed by atoms with van der Waals surface area (Å²) in [5.41, 5.74) is 2.21. The molecule has 0 saturated heterocycles. The van der Waals surface area contributed by atoms with Gasteiger partial charge in [0.2, 0.25) is 5.69 Å². The molecule has 1 fully saturated rings. The van der Waals surface area contributed by atoms with Crippen molar-refractivity contribution in [3.8, 4) is 0 Å². The van der Waals surface area contributed by atoms with Crippen LogP contribution in [0.4, 0.5) is 16.5 Å². The Morgan fingerprint density at radius 3 is 2.56 bits per heavy atom. The molecule has 0 aliphatic heterocycles. The molecule has 0 bridgehead atoms. The van der Waals surface area contributed by atoms with Gasteiger partial charge in [0, 0.05) is 49.5 Å². The first-order valence-electron chi connectivity index (χ1n) is 11.5. The third-order valence-corrected chi connectivity index (χ3v) is 7.12. The SMILES string of the molecule is CCc1cnc(NC(=O)c2cc([N+](O)(O)N(C)Cc3ccccc3)ccc2N(C)CC2CC2)s1. The van der Waals surface area contributed by atoms with Crippen LogP contribution in [0, 0.1) is 5.92 Å². The minimum atomic E-state index is -1.47. The van der Waals surface area contributed by atoms with Gasteiger partial charge < -0.3 is 4.90 Å². The first kappa shape index (κ1) is 24.3. The highest BCUT2D eigenvalue weighted by Gasteiger charge is 2.35. The van der Waals surface area contributed by atoms with Crippen LogP contribution in [0.15, 0.2) is 54.7 Å². The first-order chi connectivity index (χ1) is 16.3. The molecule has 180 valence electrons. The van der Waals surface area contributed by atoms with Crippen molar-refractivity contribution in [2.45, 2.75) is 32.7 Å². The lowest BCUT2D eigenvalue weighted by molar-refractivity contribution is -0.397. The second-order valence-electron chi connectivity index (χ2n) is 8.83. The number of aromatic nitrogens is 1. The number of aryl methyl sites for hydroxylation is 1. The van der Waals surface area contributed by atoms with E-state index in [1.54, 1.807) is 31.4 Å². The van der Waals surface area contributed by atoms with E-state index in [0.29, 0.717) is 23.2 Å². The normalized spacial score (nSPS) is 13.8. The number of rotatable bonds is 10. The Labute approximate surface area is 204 Å². The van der Waals surface area contributed by atoms with Gasteiger partial charge in [0.25, 0.3) is 5.91 Å². The van der Waals surface area contributed by atoms with E-state index in [4.69, 9.17) is 0 Å². The van der Waals surface area contributed by atoms with E-state index < -0.39 is 4.92 Å². The maximum absolute atomic E-state index is 13.3. The highest BCUT2D eigenvalue weighted by molar-refractivity contribution is 7.15. The number of nitrogens with one attached hydrogen (secondary N) is 1. The molecule has 1 amide bonds. The Morgan fingerprint density at radius 2 is 1.91 bits per heavy atom. The second-order valence-corrected chi connectivity index (χ2v) is 9.95. The number of hydrogen-bond acceptors (Lipinski definition) is 7. The number of hydrogen-bond donors (Lipinski definition) is 3. The molecule has 34 heavy (non-hydrogen) atoms. The van der Waals surface area contributed by atoms with Crippen LogP contribution in [-0.4, -0.2) is 47.0 Å². The van der Waals surface area contributed by atoms with Crippen LogP contribution >= 0.6 is 11.3 Å². The maximum atomic E-state index is 13.3. The molecule has 1 aliphatic rings. The van der Waals surface area contributed by atoms with Crippen molar-refractivity contribution in [3.05, 3.63) is 70.7 Å². The standard InChI is InChI=1S/C25H31N5O3S/c1-4-21-15-26-25(34-21)27-24(31)22-14-20(12-13-23(22)28(2)16-19-10-11-19)30(32,33)29(3)17-18-8-6-5-7-9-18/h5-9,12-15,19,32-33H,4,10-11,16-17H2,1-3H3/p+1. The van der Waals surface area contributed by atoms with Crippen molar-refractivity contribution in [1.29, 1.82) is 0 Å². The molecular weight excluding hydrogens is 450 g/mol. The molecule has 0 atom stereocenters. The van der Waals surface area contributed by atoms with Crippen molar-refractivity contribution in [1.82, 2.24) is 14.9 Å². The average molecular weight is 483 g/mol.